The van der Waals surface area contributed by atoms with Gasteiger partial charge in [0.25, 0.3) is 11.6 Å². The summed E-state index contributed by atoms with van der Waals surface area (Å²) in [4.78, 5) is 43.7. The third-order valence-corrected chi connectivity index (χ3v) is 6.47. The molecule has 0 saturated carbocycles. The smallest absolute Gasteiger partial charge is 0.293 e. The average Bonchev–Trinajstić information content (AvgIpc) is 3.15. The summed E-state index contributed by atoms with van der Waals surface area (Å²) in [5.41, 5.74) is 3.48. The van der Waals surface area contributed by atoms with Gasteiger partial charge in [-0.1, -0.05) is 17.4 Å². The molecular formula is C22H23N5O4S. The average molecular weight is 454 g/mol. The van der Waals surface area contributed by atoms with Crippen LogP contribution in [0.4, 0.5) is 16.5 Å². The van der Waals surface area contributed by atoms with E-state index in [0.29, 0.717) is 37.0 Å². The van der Waals surface area contributed by atoms with Gasteiger partial charge in [0.15, 0.2) is 5.13 Å². The quantitative estimate of drug-likeness (QED) is 0.476. The number of nitrogens with one attached hydrogen (secondary N) is 1. The number of hydrogen-bond donors (Lipinski definition) is 1. The highest BCUT2D eigenvalue weighted by atomic mass is 32.1. The van der Waals surface area contributed by atoms with Gasteiger partial charge in [0.2, 0.25) is 5.91 Å². The second kappa shape index (κ2) is 8.54. The van der Waals surface area contributed by atoms with Crippen molar-refractivity contribution in [3.63, 3.8) is 0 Å². The van der Waals surface area contributed by atoms with E-state index in [2.05, 4.69) is 10.3 Å². The molecule has 10 heteroatoms. The molecule has 2 amide bonds. The van der Waals surface area contributed by atoms with Crippen LogP contribution >= 0.6 is 11.3 Å². The van der Waals surface area contributed by atoms with Crippen molar-refractivity contribution >= 4 is 49.9 Å². The number of amides is 2. The second-order valence-corrected chi connectivity index (χ2v) is 8.89. The molecule has 0 bridgehead atoms. The van der Waals surface area contributed by atoms with E-state index in [9.17, 15) is 19.7 Å². The predicted molar refractivity (Wildman–Crippen MR) is 125 cm³/mol. The van der Waals surface area contributed by atoms with Gasteiger partial charge in [-0.3, -0.25) is 25.0 Å². The van der Waals surface area contributed by atoms with Gasteiger partial charge in [-0.15, -0.1) is 0 Å². The van der Waals surface area contributed by atoms with E-state index in [4.69, 9.17) is 0 Å². The Bertz CT molecular complexity index is 1230. The fourth-order valence-corrected chi connectivity index (χ4v) is 4.97. The first-order valence-corrected chi connectivity index (χ1v) is 11.0. The minimum Gasteiger partial charge on any atom is -0.362 e. The fraction of sp³-hybridized carbons (Fsp3) is 0.318. The van der Waals surface area contributed by atoms with Crippen LogP contribution in [0.25, 0.3) is 10.2 Å². The first-order valence-electron chi connectivity index (χ1n) is 10.2. The maximum Gasteiger partial charge on any atom is 0.293 e. The van der Waals surface area contributed by atoms with Crippen molar-refractivity contribution < 1.29 is 14.5 Å². The van der Waals surface area contributed by atoms with Crippen molar-refractivity contribution in [2.24, 2.45) is 0 Å². The topological polar surface area (TPSA) is 109 Å². The largest absolute Gasteiger partial charge is 0.362 e. The van der Waals surface area contributed by atoms with E-state index in [0.717, 1.165) is 21.3 Å². The maximum absolute atomic E-state index is 12.8. The minimum absolute atomic E-state index is 0.00799. The van der Waals surface area contributed by atoms with Crippen LogP contribution in [0.2, 0.25) is 0 Å². The van der Waals surface area contributed by atoms with E-state index < -0.39 is 10.8 Å². The van der Waals surface area contributed by atoms with Gasteiger partial charge in [-0.05, 0) is 43.2 Å². The Morgan fingerprint density at radius 3 is 2.50 bits per heavy atom. The predicted octanol–water partition coefficient (Wildman–Crippen LogP) is 3.74. The molecule has 0 radical (unpaired) electrons. The van der Waals surface area contributed by atoms with Crippen LogP contribution in [0.1, 0.15) is 28.4 Å². The van der Waals surface area contributed by atoms with E-state index >= 15 is 0 Å². The lowest BCUT2D eigenvalue weighted by molar-refractivity contribution is -0.384. The number of hydrogen-bond acceptors (Lipinski definition) is 7. The van der Waals surface area contributed by atoms with Crippen LogP contribution in [0.15, 0.2) is 30.3 Å². The number of aryl methyl sites for hydroxylation is 2. The molecule has 2 aromatic carbocycles. The first-order chi connectivity index (χ1) is 15.2. The number of nitro groups is 1. The van der Waals surface area contributed by atoms with Crippen molar-refractivity contribution in [2.45, 2.75) is 20.8 Å². The molecule has 1 aliphatic rings. The van der Waals surface area contributed by atoms with Crippen molar-refractivity contribution in [2.75, 3.05) is 36.4 Å². The molecule has 0 aliphatic carbocycles. The Hall–Kier alpha value is -3.53. The highest BCUT2D eigenvalue weighted by Crippen LogP contribution is 2.32. The zero-order valence-corrected chi connectivity index (χ0v) is 18.9. The van der Waals surface area contributed by atoms with Gasteiger partial charge in [-0.25, -0.2) is 4.98 Å². The number of benzene rings is 2. The zero-order valence-electron chi connectivity index (χ0n) is 18.0. The SMILES string of the molecule is CC(=O)N1CCN(c2ccc(C(=O)Nc3nc4c(C)cc(C)cc4s3)cc2[N+](=O)[O-])CC1. The molecule has 0 atom stereocenters. The van der Waals surface area contributed by atoms with Gasteiger partial charge < -0.3 is 9.80 Å². The van der Waals surface area contributed by atoms with Gasteiger partial charge in [0, 0.05) is 44.7 Å². The number of nitro benzene ring substituents is 1. The summed E-state index contributed by atoms with van der Waals surface area (Å²) < 4.78 is 0.976. The lowest BCUT2D eigenvalue weighted by Gasteiger charge is -2.35. The molecule has 1 aliphatic heterocycles. The fourth-order valence-electron chi connectivity index (χ4n) is 3.93. The number of fused-ring (bicyclic) bond motifs is 1. The van der Waals surface area contributed by atoms with Gasteiger partial charge in [-0.2, -0.15) is 0 Å². The molecule has 166 valence electrons. The number of anilines is 2. The number of nitrogens with zero attached hydrogens (tertiary/aromatic N) is 4. The number of thiazole rings is 1. The number of piperazine rings is 1. The summed E-state index contributed by atoms with van der Waals surface area (Å²) >= 11 is 1.37. The third-order valence-electron chi connectivity index (χ3n) is 5.55. The summed E-state index contributed by atoms with van der Waals surface area (Å²) in [6, 6.07) is 8.53. The lowest BCUT2D eigenvalue weighted by Crippen LogP contribution is -2.48. The van der Waals surface area contributed by atoms with Crippen LogP contribution in [0.5, 0.6) is 0 Å². The van der Waals surface area contributed by atoms with E-state index in [-0.39, 0.29) is 17.2 Å². The van der Waals surface area contributed by atoms with Crippen LogP contribution in [-0.4, -0.2) is 52.8 Å². The van der Waals surface area contributed by atoms with Gasteiger partial charge in [0.05, 0.1) is 15.1 Å². The normalized spacial score (nSPS) is 14.0. The van der Waals surface area contributed by atoms with Crippen LogP contribution in [-0.2, 0) is 4.79 Å². The Morgan fingerprint density at radius 1 is 1.12 bits per heavy atom. The van der Waals surface area contributed by atoms with Crippen molar-refractivity contribution in [1.29, 1.82) is 0 Å². The molecule has 1 fully saturated rings. The van der Waals surface area contributed by atoms with Crippen LogP contribution in [0.3, 0.4) is 0 Å². The van der Waals surface area contributed by atoms with Crippen molar-refractivity contribution in [3.8, 4) is 0 Å². The Balaban J connectivity index is 1.56. The molecule has 3 aromatic rings. The third kappa shape index (κ3) is 4.26. The molecule has 0 spiro atoms. The lowest BCUT2D eigenvalue weighted by atomic mass is 10.1. The monoisotopic (exact) mass is 453 g/mol. The van der Waals surface area contributed by atoms with Crippen LogP contribution < -0.4 is 10.2 Å². The summed E-state index contributed by atoms with van der Waals surface area (Å²) in [5.74, 6) is -0.458. The highest BCUT2D eigenvalue weighted by Gasteiger charge is 2.26. The van der Waals surface area contributed by atoms with Gasteiger partial charge in [0.1, 0.15) is 5.69 Å². The Morgan fingerprint density at radius 2 is 1.84 bits per heavy atom. The molecular weight excluding hydrogens is 430 g/mol. The minimum atomic E-state index is -0.479. The number of rotatable bonds is 4. The van der Waals surface area contributed by atoms with Crippen LogP contribution in [0, 0.1) is 24.0 Å². The summed E-state index contributed by atoms with van der Waals surface area (Å²) in [6.45, 7) is 7.49. The standard InChI is InChI=1S/C22H23N5O4S/c1-13-10-14(2)20-19(11-13)32-22(23-20)24-21(29)16-4-5-17(18(12-16)27(30)31)26-8-6-25(7-9-26)15(3)28/h4-5,10-12H,6-9H2,1-3H3,(H,23,24,29). The maximum atomic E-state index is 12.8. The molecule has 1 aromatic heterocycles. The first kappa shape index (κ1) is 21.7. The van der Waals surface area contributed by atoms with E-state index in [1.54, 1.807) is 17.0 Å². The highest BCUT2D eigenvalue weighted by molar-refractivity contribution is 7.22. The molecule has 0 unspecified atom stereocenters. The number of carbonyl (C=O) groups excluding carboxylic acids is 2. The summed E-state index contributed by atoms with van der Waals surface area (Å²) in [7, 11) is 0. The number of carbonyl (C=O) groups is 2. The number of aromatic nitrogens is 1. The van der Waals surface area contributed by atoms with E-state index in [1.165, 1.54) is 24.3 Å². The van der Waals surface area contributed by atoms with Gasteiger partial charge >= 0.3 is 0 Å². The molecule has 1 saturated heterocycles. The molecule has 4 rings (SSSR count). The second-order valence-electron chi connectivity index (χ2n) is 7.86. The molecule has 2 heterocycles. The Labute approximate surface area is 188 Å². The van der Waals surface area contributed by atoms with Crippen molar-refractivity contribution in [3.05, 3.63) is 57.1 Å². The summed E-state index contributed by atoms with van der Waals surface area (Å²) in [6.07, 6.45) is 0. The van der Waals surface area contributed by atoms with Crippen molar-refractivity contribution in [1.82, 2.24) is 9.88 Å². The molecule has 32 heavy (non-hydrogen) atoms. The Kier molecular flexibility index (Phi) is 5.79. The molecule has 9 nitrogen and oxygen atoms in total. The molecule has 1 N–H and O–H groups in total. The van der Waals surface area contributed by atoms with E-state index in [1.807, 2.05) is 30.9 Å². The summed E-state index contributed by atoms with van der Waals surface area (Å²) in [5, 5.41) is 14.9. The zero-order chi connectivity index (χ0) is 23.0.